The first kappa shape index (κ1) is 12.2. The van der Waals surface area contributed by atoms with Gasteiger partial charge in [-0.25, -0.2) is 12.7 Å². The average Bonchev–Trinajstić information content (AvgIpc) is 2.51. The van der Waals surface area contributed by atoms with Crippen molar-refractivity contribution in [2.75, 3.05) is 24.7 Å². The van der Waals surface area contributed by atoms with Crippen LogP contribution in [0.3, 0.4) is 0 Å². The van der Waals surface area contributed by atoms with E-state index in [1.807, 2.05) is 0 Å². The summed E-state index contributed by atoms with van der Waals surface area (Å²) in [5.74, 6) is 0.180. The molecule has 1 rings (SSSR count). The van der Waals surface area contributed by atoms with Crippen molar-refractivity contribution in [3.05, 3.63) is 0 Å². The lowest BCUT2D eigenvalue weighted by atomic mass is 10.0. The van der Waals surface area contributed by atoms with Crippen molar-refractivity contribution >= 4 is 21.6 Å². The SMILES string of the molecule is CC(O)C1CCN(S(=O)(=O)CCCl)C1. The summed E-state index contributed by atoms with van der Waals surface area (Å²) in [6.07, 6.45) is 0.297. The molecule has 0 radical (unpaired) electrons. The van der Waals surface area contributed by atoms with Crippen LogP contribution in [0.2, 0.25) is 0 Å². The fraction of sp³-hybridized carbons (Fsp3) is 1.00. The molecule has 1 fully saturated rings. The van der Waals surface area contributed by atoms with Crippen molar-refractivity contribution in [1.82, 2.24) is 4.31 Å². The zero-order valence-corrected chi connectivity index (χ0v) is 9.76. The molecule has 4 nitrogen and oxygen atoms in total. The van der Waals surface area contributed by atoms with Crippen LogP contribution in [0.15, 0.2) is 0 Å². The fourth-order valence-corrected chi connectivity index (χ4v) is 3.47. The van der Waals surface area contributed by atoms with Crippen LogP contribution in [0.4, 0.5) is 0 Å². The lowest BCUT2D eigenvalue weighted by Gasteiger charge is -2.16. The molecule has 1 heterocycles. The number of nitrogens with zero attached hydrogens (tertiary/aromatic N) is 1. The molecule has 0 saturated carbocycles. The molecule has 2 atom stereocenters. The normalized spacial score (nSPS) is 26.6. The summed E-state index contributed by atoms with van der Waals surface area (Å²) >= 11 is 5.41. The van der Waals surface area contributed by atoms with Crippen molar-refractivity contribution in [1.29, 1.82) is 0 Å². The molecule has 84 valence electrons. The molecule has 6 heteroatoms. The first-order valence-corrected chi connectivity index (χ1v) is 6.83. The lowest BCUT2D eigenvalue weighted by Crippen LogP contribution is -2.32. The molecule has 1 aliphatic heterocycles. The Balaban J connectivity index is 2.58. The summed E-state index contributed by atoms with van der Waals surface area (Å²) in [7, 11) is -3.19. The Morgan fingerprint density at radius 1 is 1.64 bits per heavy atom. The second-order valence-corrected chi connectivity index (χ2v) is 6.12. The molecule has 0 aromatic rings. The van der Waals surface area contributed by atoms with Gasteiger partial charge in [-0.2, -0.15) is 0 Å². The van der Waals surface area contributed by atoms with Gasteiger partial charge >= 0.3 is 0 Å². The van der Waals surface area contributed by atoms with Crippen LogP contribution in [0.25, 0.3) is 0 Å². The van der Waals surface area contributed by atoms with Gasteiger partial charge < -0.3 is 5.11 Å². The van der Waals surface area contributed by atoms with E-state index in [1.54, 1.807) is 6.92 Å². The molecule has 0 amide bonds. The van der Waals surface area contributed by atoms with Crippen molar-refractivity contribution in [2.24, 2.45) is 5.92 Å². The minimum Gasteiger partial charge on any atom is -0.393 e. The number of hydrogen-bond donors (Lipinski definition) is 1. The highest BCUT2D eigenvalue weighted by molar-refractivity contribution is 7.89. The largest absolute Gasteiger partial charge is 0.393 e. The Kier molecular flexibility index (Phi) is 4.18. The Labute approximate surface area is 89.9 Å². The zero-order chi connectivity index (χ0) is 10.8. The van der Waals surface area contributed by atoms with Gasteiger partial charge in [-0.05, 0) is 19.3 Å². The Bertz CT molecular complexity index is 278. The molecule has 1 aliphatic rings. The van der Waals surface area contributed by atoms with Crippen molar-refractivity contribution in [3.8, 4) is 0 Å². The number of aliphatic hydroxyl groups excluding tert-OH is 1. The highest BCUT2D eigenvalue weighted by Crippen LogP contribution is 2.22. The van der Waals surface area contributed by atoms with E-state index >= 15 is 0 Å². The third-order valence-electron chi connectivity index (χ3n) is 2.60. The van der Waals surface area contributed by atoms with Gasteiger partial charge in [-0.1, -0.05) is 0 Å². The molecular weight excluding hydrogens is 226 g/mol. The third kappa shape index (κ3) is 2.82. The number of alkyl halides is 1. The Morgan fingerprint density at radius 2 is 2.29 bits per heavy atom. The second-order valence-electron chi connectivity index (χ2n) is 3.65. The van der Waals surface area contributed by atoms with Gasteiger partial charge in [0.05, 0.1) is 11.9 Å². The minimum atomic E-state index is -3.19. The van der Waals surface area contributed by atoms with Crippen LogP contribution in [0.1, 0.15) is 13.3 Å². The summed E-state index contributed by atoms with van der Waals surface area (Å²) in [4.78, 5) is 0. The quantitative estimate of drug-likeness (QED) is 0.719. The maximum Gasteiger partial charge on any atom is 0.215 e. The van der Waals surface area contributed by atoms with E-state index in [-0.39, 0.29) is 17.6 Å². The first-order chi connectivity index (χ1) is 6.47. The number of aliphatic hydroxyl groups is 1. The summed E-state index contributed by atoms with van der Waals surface area (Å²) in [6, 6.07) is 0. The highest BCUT2D eigenvalue weighted by Gasteiger charge is 2.32. The molecule has 0 bridgehead atoms. The van der Waals surface area contributed by atoms with Gasteiger partial charge in [0.2, 0.25) is 10.0 Å². The third-order valence-corrected chi connectivity index (χ3v) is 4.85. The number of halogens is 1. The molecule has 1 N–H and O–H groups in total. The van der Waals surface area contributed by atoms with Gasteiger partial charge in [-0.3, -0.25) is 0 Å². The Hall–Kier alpha value is 0.160. The molecular formula is C8H16ClNO3S. The van der Waals surface area contributed by atoms with E-state index < -0.39 is 16.1 Å². The molecule has 1 saturated heterocycles. The van der Waals surface area contributed by atoms with Gasteiger partial charge in [-0.15, -0.1) is 11.6 Å². The van der Waals surface area contributed by atoms with Gasteiger partial charge in [0.25, 0.3) is 0 Å². The predicted octanol–water partition coefficient (Wildman–Crippen LogP) is 0.258. The van der Waals surface area contributed by atoms with Gasteiger partial charge in [0.1, 0.15) is 0 Å². The monoisotopic (exact) mass is 241 g/mol. The number of rotatable bonds is 4. The lowest BCUT2D eigenvalue weighted by molar-refractivity contribution is 0.133. The molecule has 2 unspecified atom stereocenters. The van der Waals surface area contributed by atoms with Gasteiger partial charge in [0.15, 0.2) is 0 Å². The molecule has 0 aromatic heterocycles. The average molecular weight is 242 g/mol. The molecule has 0 aliphatic carbocycles. The summed E-state index contributed by atoms with van der Waals surface area (Å²) < 4.78 is 24.5. The Morgan fingerprint density at radius 3 is 2.71 bits per heavy atom. The van der Waals surface area contributed by atoms with E-state index in [2.05, 4.69) is 0 Å². The van der Waals surface area contributed by atoms with E-state index in [1.165, 1.54) is 4.31 Å². The maximum absolute atomic E-state index is 11.6. The molecule has 14 heavy (non-hydrogen) atoms. The molecule has 0 spiro atoms. The van der Waals surface area contributed by atoms with Crippen LogP contribution in [-0.2, 0) is 10.0 Å². The second kappa shape index (κ2) is 4.79. The number of hydrogen-bond acceptors (Lipinski definition) is 3. The zero-order valence-electron chi connectivity index (χ0n) is 8.19. The predicted molar refractivity (Wildman–Crippen MR) is 55.9 cm³/mol. The summed E-state index contributed by atoms with van der Waals surface area (Å²) in [6.45, 7) is 2.63. The minimum absolute atomic E-state index is 0.0128. The van der Waals surface area contributed by atoms with Crippen LogP contribution in [0.5, 0.6) is 0 Å². The van der Waals surface area contributed by atoms with E-state index in [4.69, 9.17) is 11.6 Å². The van der Waals surface area contributed by atoms with E-state index in [9.17, 15) is 13.5 Å². The van der Waals surface area contributed by atoms with Crippen molar-refractivity contribution in [2.45, 2.75) is 19.4 Å². The van der Waals surface area contributed by atoms with Crippen molar-refractivity contribution in [3.63, 3.8) is 0 Å². The maximum atomic E-state index is 11.6. The summed E-state index contributed by atoms with van der Waals surface area (Å²) in [5, 5.41) is 9.32. The topological polar surface area (TPSA) is 57.6 Å². The van der Waals surface area contributed by atoms with Crippen LogP contribution in [0, 0.1) is 5.92 Å². The van der Waals surface area contributed by atoms with E-state index in [0.29, 0.717) is 13.1 Å². The van der Waals surface area contributed by atoms with Gasteiger partial charge in [0, 0.05) is 19.0 Å². The number of sulfonamides is 1. The standard InChI is InChI=1S/C8H16ClNO3S/c1-7(11)8-2-4-10(6-8)14(12,13)5-3-9/h7-8,11H,2-6H2,1H3. The molecule has 0 aromatic carbocycles. The fourth-order valence-electron chi connectivity index (χ4n) is 1.63. The summed E-state index contributed by atoms with van der Waals surface area (Å²) in [5.41, 5.74) is 0. The first-order valence-electron chi connectivity index (χ1n) is 4.69. The highest BCUT2D eigenvalue weighted by atomic mass is 35.5. The van der Waals surface area contributed by atoms with Crippen LogP contribution < -0.4 is 0 Å². The van der Waals surface area contributed by atoms with Crippen LogP contribution in [-0.4, -0.2) is 48.7 Å². The van der Waals surface area contributed by atoms with Crippen molar-refractivity contribution < 1.29 is 13.5 Å². The van der Waals surface area contributed by atoms with E-state index in [0.717, 1.165) is 6.42 Å². The van der Waals surface area contributed by atoms with Crippen LogP contribution >= 0.6 is 11.6 Å². The smallest absolute Gasteiger partial charge is 0.215 e.